The monoisotopic (exact) mass is 428 g/mol. The van der Waals surface area contributed by atoms with Gasteiger partial charge in [0.15, 0.2) is 5.82 Å². The molecule has 0 amide bonds. The van der Waals surface area contributed by atoms with E-state index in [1.54, 1.807) is 6.92 Å². The number of hydrogen-bond donors (Lipinski definition) is 2. The molecule has 0 atom stereocenters. The maximum absolute atomic E-state index is 14.8. The minimum absolute atomic E-state index is 0.0664. The van der Waals surface area contributed by atoms with Gasteiger partial charge in [0, 0.05) is 12.6 Å². The highest BCUT2D eigenvalue weighted by Gasteiger charge is 2.21. The molecule has 8 nitrogen and oxygen atoms in total. The fourth-order valence-electron chi connectivity index (χ4n) is 3.18. The minimum atomic E-state index is -1.27. The van der Waals surface area contributed by atoms with Crippen LogP contribution in [0.2, 0.25) is 0 Å². The van der Waals surface area contributed by atoms with E-state index in [-0.39, 0.29) is 29.6 Å². The first kappa shape index (κ1) is 22.2. The Bertz CT molecular complexity index is 1120. The maximum Gasteiger partial charge on any atom is 0.350 e. The fourth-order valence-corrected chi connectivity index (χ4v) is 3.18. The molecule has 0 saturated carbocycles. The van der Waals surface area contributed by atoms with Gasteiger partial charge in [-0.1, -0.05) is 30.3 Å². The lowest BCUT2D eigenvalue weighted by molar-refractivity contribution is 0.0697. The summed E-state index contributed by atoms with van der Waals surface area (Å²) in [6, 6.07) is 11.7. The number of halogens is 1. The van der Waals surface area contributed by atoms with E-state index in [1.165, 1.54) is 10.6 Å². The Kier molecular flexibility index (Phi) is 6.86. The van der Waals surface area contributed by atoms with Crippen LogP contribution in [-0.2, 0) is 24.5 Å². The van der Waals surface area contributed by atoms with E-state index in [0.717, 1.165) is 16.3 Å². The van der Waals surface area contributed by atoms with Crippen molar-refractivity contribution in [3.05, 3.63) is 75.7 Å². The zero-order chi connectivity index (χ0) is 22.5. The van der Waals surface area contributed by atoms with Crippen molar-refractivity contribution >= 4 is 11.7 Å². The molecule has 0 saturated heterocycles. The second-order valence-electron chi connectivity index (χ2n) is 7.29. The van der Waals surface area contributed by atoms with Crippen molar-refractivity contribution in [1.82, 2.24) is 14.3 Å². The molecule has 1 heterocycles. The van der Waals surface area contributed by atoms with Gasteiger partial charge < -0.3 is 15.2 Å². The predicted octanol–water partition coefficient (Wildman–Crippen LogP) is 3.43. The Balaban J connectivity index is 1.95. The number of benzene rings is 2. The van der Waals surface area contributed by atoms with Crippen LogP contribution in [0.5, 0.6) is 0 Å². The van der Waals surface area contributed by atoms with Gasteiger partial charge in [0.2, 0.25) is 0 Å². The summed E-state index contributed by atoms with van der Waals surface area (Å²) < 4.78 is 22.8. The molecule has 3 aromatic rings. The Labute approximate surface area is 178 Å². The standard InChI is InChI=1S/C22H25FN4O4/c1-4-26-20(13-31-12-15-8-6-5-7-9-15)25-27(22(26)30)19-11-18(24-14(2)3)16(21(28)29)10-17(19)23/h5-11,14,24H,4,12-13H2,1-3H3,(H,28,29). The largest absolute Gasteiger partial charge is 0.478 e. The van der Waals surface area contributed by atoms with Gasteiger partial charge in [0.05, 0.1) is 17.9 Å². The predicted molar refractivity (Wildman–Crippen MR) is 114 cm³/mol. The summed E-state index contributed by atoms with van der Waals surface area (Å²) in [6.07, 6.45) is 0. The van der Waals surface area contributed by atoms with Crippen LogP contribution in [0.4, 0.5) is 10.1 Å². The van der Waals surface area contributed by atoms with Gasteiger partial charge >= 0.3 is 11.7 Å². The van der Waals surface area contributed by atoms with Crippen molar-refractivity contribution < 1.29 is 19.0 Å². The number of nitrogens with zero attached hydrogens (tertiary/aromatic N) is 3. The zero-order valence-electron chi connectivity index (χ0n) is 17.6. The number of aromatic nitrogens is 3. The van der Waals surface area contributed by atoms with Crippen molar-refractivity contribution in [2.75, 3.05) is 5.32 Å². The molecule has 9 heteroatoms. The highest BCUT2D eigenvalue weighted by atomic mass is 19.1. The summed E-state index contributed by atoms with van der Waals surface area (Å²) in [6.45, 7) is 6.18. The summed E-state index contributed by atoms with van der Waals surface area (Å²) in [5.41, 5.74) is 0.308. The normalized spacial score (nSPS) is 11.1. The molecule has 31 heavy (non-hydrogen) atoms. The quantitative estimate of drug-likeness (QED) is 0.542. The molecule has 0 radical (unpaired) electrons. The average molecular weight is 428 g/mol. The lowest BCUT2D eigenvalue weighted by atomic mass is 10.1. The van der Waals surface area contributed by atoms with Crippen LogP contribution >= 0.6 is 0 Å². The second-order valence-corrected chi connectivity index (χ2v) is 7.29. The van der Waals surface area contributed by atoms with Crippen molar-refractivity contribution in [1.29, 1.82) is 0 Å². The highest BCUT2D eigenvalue weighted by molar-refractivity contribution is 5.94. The van der Waals surface area contributed by atoms with Crippen LogP contribution < -0.4 is 11.0 Å². The molecule has 0 spiro atoms. The van der Waals surface area contributed by atoms with Gasteiger partial charge in [-0.15, -0.1) is 5.10 Å². The van der Waals surface area contributed by atoms with E-state index < -0.39 is 17.5 Å². The van der Waals surface area contributed by atoms with E-state index >= 15 is 0 Å². The molecular weight excluding hydrogens is 403 g/mol. The number of ether oxygens (including phenoxy) is 1. The first-order valence-electron chi connectivity index (χ1n) is 9.96. The third-order valence-corrected chi connectivity index (χ3v) is 4.59. The van der Waals surface area contributed by atoms with Crippen LogP contribution in [0.25, 0.3) is 5.69 Å². The van der Waals surface area contributed by atoms with Crippen molar-refractivity contribution in [3.63, 3.8) is 0 Å². The van der Waals surface area contributed by atoms with Gasteiger partial charge in [0.25, 0.3) is 0 Å². The lowest BCUT2D eigenvalue weighted by Gasteiger charge is -2.14. The molecule has 1 aromatic heterocycles. The molecule has 2 N–H and O–H groups in total. The zero-order valence-corrected chi connectivity index (χ0v) is 17.6. The van der Waals surface area contributed by atoms with Crippen LogP contribution in [0.15, 0.2) is 47.3 Å². The van der Waals surface area contributed by atoms with Crippen LogP contribution in [0.3, 0.4) is 0 Å². The molecule has 0 aliphatic carbocycles. The Morgan fingerprint density at radius 3 is 2.55 bits per heavy atom. The van der Waals surface area contributed by atoms with Gasteiger partial charge in [0.1, 0.15) is 18.1 Å². The number of nitrogens with one attached hydrogen (secondary N) is 1. The fraction of sp³-hybridized carbons (Fsp3) is 0.318. The molecule has 0 aliphatic heterocycles. The number of carboxylic acid groups (broad SMARTS) is 1. The number of rotatable bonds is 9. The van der Waals surface area contributed by atoms with Crippen molar-refractivity contribution in [2.24, 2.45) is 0 Å². The van der Waals surface area contributed by atoms with Crippen LogP contribution in [0.1, 0.15) is 42.5 Å². The Morgan fingerprint density at radius 2 is 1.94 bits per heavy atom. The summed E-state index contributed by atoms with van der Waals surface area (Å²) in [5, 5.41) is 16.6. The van der Waals surface area contributed by atoms with Crippen LogP contribution in [0, 0.1) is 5.82 Å². The van der Waals surface area contributed by atoms with Crippen molar-refractivity contribution in [2.45, 2.75) is 46.6 Å². The summed E-state index contributed by atoms with van der Waals surface area (Å²) in [5.74, 6) is -1.77. The lowest BCUT2D eigenvalue weighted by Crippen LogP contribution is -2.25. The summed E-state index contributed by atoms with van der Waals surface area (Å²) in [4.78, 5) is 24.4. The topological polar surface area (TPSA) is 98.4 Å². The number of aromatic carboxylic acids is 1. The van der Waals surface area contributed by atoms with Crippen LogP contribution in [-0.4, -0.2) is 31.5 Å². The van der Waals surface area contributed by atoms with E-state index in [9.17, 15) is 19.1 Å². The number of carbonyl (C=O) groups is 1. The van der Waals surface area contributed by atoms with Gasteiger partial charge in [-0.05, 0) is 38.5 Å². The number of anilines is 1. The van der Waals surface area contributed by atoms with E-state index in [4.69, 9.17) is 4.74 Å². The average Bonchev–Trinajstić information content (AvgIpc) is 3.04. The molecular formula is C22H25FN4O4. The third kappa shape index (κ3) is 5.00. The first-order chi connectivity index (χ1) is 14.8. The van der Waals surface area contributed by atoms with Gasteiger partial charge in [-0.3, -0.25) is 4.57 Å². The molecule has 0 bridgehead atoms. The van der Waals surface area contributed by atoms with E-state index in [0.29, 0.717) is 19.0 Å². The maximum atomic E-state index is 14.8. The Morgan fingerprint density at radius 1 is 1.23 bits per heavy atom. The molecule has 0 fully saturated rings. The van der Waals surface area contributed by atoms with Gasteiger partial charge in [-0.25, -0.2) is 14.0 Å². The van der Waals surface area contributed by atoms with Crippen molar-refractivity contribution in [3.8, 4) is 5.69 Å². The second kappa shape index (κ2) is 9.57. The smallest absolute Gasteiger partial charge is 0.350 e. The number of carboxylic acids is 1. The summed E-state index contributed by atoms with van der Waals surface area (Å²) in [7, 11) is 0. The number of hydrogen-bond acceptors (Lipinski definition) is 5. The molecule has 164 valence electrons. The molecule has 2 aromatic carbocycles. The van der Waals surface area contributed by atoms with Gasteiger partial charge in [-0.2, -0.15) is 4.68 Å². The molecule has 3 rings (SSSR count). The molecule has 0 aliphatic rings. The van der Waals surface area contributed by atoms with E-state index in [1.807, 2.05) is 44.2 Å². The highest BCUT2D eigenvalue weighted by Crippen LogP contribution is 2.24. The third-order valence-electron chi connectivity index (χ3n) is 4.59. The molecule has 0 unspecified atom stereocenters. The summed E-state index contributed by atoms with van der Waals surface area (Å²) >= 11 is 0. The van der Waals surface area contributed by atoms with E-state index in [2.05, 4.69) is 10.4 Å². The SMILES string of the molecule is CCn1c(COCc2ccccc2)nn(-c2cc(NC(C)C)c(C(=O)O)cc2F)c1=O. The Hall–Kier alpha value is -3.46. The first-order valence-corrected chi connectivity index (χ1v) is 9.96. The minimum Gasteiger partial charge on any atom is -0.478 e.